The van der Waals surface area contributed by atoms with Gasteiger partial charge in [0, 0.05) is 18.1 Å². The Kier molecular flexibility index (Phi) is 5.25. The third kappa shape index (κ3) is 3.39. The number of fused-ring (bicyclic) bond motifs is 4. The second-order valence-electron chi connectivity index (χ2n) is 8.26. The molecule has 0 N–H and O–H groups in total. The molecule has 1 fully saturated rings. The van der Waals surface area contributed by atoms with Crippen molar-refractivity contribution in [3.05, 3.63) is 65.2 Å². The second-order valence-corrected chi connectivity index (χ2v) is 8.26. The highest BCUT2D eigenvalue weighted by atomic mass is 16.5. The topological polar surface area (TPSA) is 21.7 Å². The van der Waals surface area contributed by atoms with E-state index in [1.54, 1.807) is 7.11 Å². The molecule has 27 heavy (non-hydrogen) atoms. The van der Waals surface area contributed by atoms with Gasteiger partial charge in [0.1, 0.15) is 5.75 Å². The van der Waals surface area contributed by atoms with Crippen LogP contribution >= 0.6 is 0 Å². The first-order valence-corrected chi connectivity index (χ1v) is 10.1. The van der Waals surface area contributed by atoms with Crippen molar-refractivity contribution in [1.82, 2.24) is 4.90 Å². The molecule has 2 bridgehead atoms. The highest BCUT2D eigenvalue weighted by molar-refractivity contribution is 5.45. The fourth-order valence-electron chi connectivity index (χ4n) is 5.29. The minimum absolute atomic E-state index is 0.190. The zero-order chi connectivity index (χ0) is 18.9. The number of likely N-dealkylation sites (tertiary alicyclic amines) is 1. The molecule has 144 valence electrons. The molecule has 0 radical (unpaired) electrons. The Morgan fingerprint density at radius 2 is 1.96 bits per heavy atom. The summed E-state index contributed by atoms with van der Waals surface area (Å²) >= 11 is 0. The predicted molar refractivity (Wildman–Crippen MR) is 109 cm³/mol. The predicted octanol–water partition coefficient (Wildman–Crippen LogP) is 4.44. The largest absolute Gasteiger partial charge is 0.497 e. The van der Waals surface area contributed by atoms with Gasteiger partial charge in [0.2, 0.25) is 0 Å². The molecule has 1 saturated heterocycles. The van der Waals surface area contributed by atoms with Crippen LogP contribution in [0.4, 0.5) is 0 Å². The molecule has 1 aliphatic heterocycles. The van der Waals surface area contributed by atoms with E-state index in [0.29, 0.717) is 18.6 Å². The van der Waals surface area contributed by atoms with Gasteiger partial charge in [-0.2, -0.15) is 0 Å². The van der Waals surface area contributed by atoms with Gasteiger partial charge in [0.15, 0.2) is 0 Å². The first-order valence-electron chi connectivity index (χ1n) is 10.1. The number of methoxy groups -OCH3 is 1. The molecule has 0 amide bonds. The summed E-state index contributed by atoms with van der Waals surface area (Å²) in [5.41, 5.74) is 4.43. The molecule has 3 heteroatoms. The number of likely N-dealkylation sites (N-methyl/N-ethyl adjacent to an activating group) is 1. The summed E-state index contributed by atoms with van der Waals surface area (Å²) in [6.45, 7) is 5.09. The van der Waals surface area contributed by atoms with E-state index >= 15 is 0 Å². The third-order valence-corrected chi connectivity index (χ3v) is 7.01. The molecule has 3 nitrogen and oxygen atoms in total. The lowest BCUT2D eigenvalue weighted by Crippen LogP contribution is -2.58. The Bertz CT molecular complexity index is 775. The number of rotatable bonds is 6. The van der Waals surface area contributed by atoms with E-state index < -0.39 is 0 Å². The maximum absolute atomic E-state index is 6.11. The van der Waals surface area contributed by atoms with Crippen molar-refractivity contribution in [2.75, 3.05) is 27.3 Å². The van der Waals surface area contributed by atoms with Crippen LogP contribution in [0, 0.1) is 5.92 Å². The van der Waals surface area contributed by atoms with Crippen LogP contribution in [0.15, 0.2) is 48.5 Å². The summed E-state index contributed by atoms with van der Waals surface area (Å²) in [4.78, 5) is 2.56. The minimum Gasteiger partial charge on any atom is -0.497 e. The smallest absolute Gasteiger partial charge is 0.119 e. The molecule has 2 aliphatic rings. The Balaban J connectivity index is 1.56. The molecule has 0 spiro atoms. The molecule has 1 heterocycles. The van der Waals surface area contributed by atoms with Crippen LogP contribution in [0.2, 0.25) is 0 Å². The SMILES string of the molecule is COc1ccc2c(c1)[C@]1(CCOCc3ccccc3)CCN(C)[C@@H](C2)[C@H]1C. The van der Waals surface area contributed by atoms with Crippen molar-refractivity contribution in [2.45, 2.75) is 44.2 Å². The first kappa shape index (κ1) is 18.5. The highest BCUT2D eigenvalue weighted by Crippen LogP contribution is 2.51. The third-order valence-electron chi connectivity index (χ3n) is 7.01. The molecule has 1 aliphatic carbocycles. The number of ether oxygens (including phenoxy) is 2. The summed E-state index contributed by atoms with van der Waals surface area (Å²) < 4.78 is 11.7. The number of benzene rings is 2. The van der Waals surface area contributed by atoms with Crippen molar-refractivity contribution in [3.63, 3.8) is 0 Å². The van der Waals surface area contributed by atoms with E-state index in [2.05, 4.69) is 67.4 Å². The fourth-order valence-corrected chi connectivity index (χ4v) is 5.29. The second kappa shape index (κ2) is 7.65. The molecule has 3 atom stereocenters. The van der Waals surface area contributed by atoms with E-state index in [1.807, 2.05) is 0 Å². The molecule has 0 aromatic heterocycles. The van der Waals surface area contributed by atoms with Gasteiger partial charge < -0.3 is 14.4 Å². The Morgan fingerprint density at radius 1 is 1.15 bits per heavy atom. The van der Waals surface area contributed by atoms with Crippen LogP contribution in [-0.4, -0.2) is 38.3 Å². The number of piperidine rings is 1. The summed E-state index contributed by atoms with van der Waals surface area (Å²) in [6.07, 6.45) is 3.41. The summed E-state index contributed by atoms with van der Waals surface area (Å²) in [7, 11) is 4.05. The quantitative estimate of drug-likeness (QED) is 0.707. The molecule has 2 aromatic carbocycles. The van der Waals surface area contributed by atoms with Crippen molar-refractivity contribution < 1.29 is 9.47 Å². The summed E-state index contributed by atoms with van der Waals surface area (Å²) in [6, 6.07) is 17.8. The molecule has 2 aromatic rings. The summed E-state index contributed by atoms with van der Waals surface area (Å²) in [5, 5.41) is 0. The molecule has 4 rings (SSSR count). The Labute approximate surface area is 163 Å². The number of hydrogen-bond acceptors (Lipinski definition) is 3. The van der Waals surface area contributed by atoms with Crippen LogP contribution in [0.3, 0.4) is 0 Å². The average Bonchev–Trinajstić information content (AvgIpc) is 2.70. The van der Waals surface area contributed by atoms with Crippen LogP contribution in [-0.2, 0) is 23.2 Å². The van der Waals surface area contributed by atoms with Gasteiger partial charge >= 0.3 is 0 Å². The van der Waals surface area contributed by atoms with Gasteiger partial charge in [0.25, 0.3) is 0 Å². The zero-order valence-corrected chi connectivity index (χ0v) is 16.8. The Morgan fingerprint density at radius 3 is 2.74 bits per heavy atom. The zero-order valence-electron chi connectivity index (χ0n) is 16.8. The van der Waals surface area contributed by atoms with Gasteiger partial charge in [-0.05, 0) is 67.6 Å². The normalized spacial score (nSPS) is 27.2. The van der Waals surface area contributed by atoms with Gasteiger partial charge in [-0.15, -0.1) is 0 Å². The fraction of sp³-hybridized carbons (Fsp3) is 0.500. The minimum atomic E-state index is 0.190. The van der Waals surface area contributed by atoms with E-state index in [0.717, 1.165) is 31.7 Å². The highest BCUT2D eigenvalue weighted by Gasteiger charge is 2.50. The van der Waals surface area contributed by atoms with E-state index in [9.17, 15) is 0 Å². The summed E-state index contributed by atoms with van der Waals surface area (Å²) in [5.74, 6) is 1.60. The average molecular weight is 366 g/mol. The van der Waals surface area contributed by atoms with E-state index in [-0.39, 0.29) is 5.41 Å². The maximum atomic E-state index is 6.11. The molecule has 0 unspecified atom stereocenters. The lowest BCUT2D eigenvalue weighted by molar-refractivity contribution is 0.0122. The number of hydrogen-bond donors (Lipinski definition) is 0. The lowest BCUT2D eigenvalue weighted by atomic mass is 9.56. The molecular formula is C24H31NO2. The van der Waals surface area contributed by atoms with Gasteiger partial charge in [0.05, 0.1) is 13.7 Å². The standard InChI is InChI=1S/C24H31NO2/c1-18-23-15-20-9-10-21(26-3)16-22(20)24(18,11-13-25(23)2)12-14-27-17-19-7-5-4-6-8-19/h4-10,16,18,23H,11-15,17H2,1-3H3/t18-,23+,24+/m1/s1. The van der Waals surface area contributed by atoms with Crippen LogP contribution in [0.5, 0.6) is 5.75 Å². The van der Waals surface area contributed by atoms with Gasteiger partial charge in [-0.3, -0.25) is 0 Å². The van der Waals surface area contributed by atoms with E-state index in [1.165, 1.54) is 23.1 Å². The van der Waals surface area contributed by atoms with Crippen molar-refractivity contribution in [2.24, 2.45) is 5.92 Å². The van der Waals surface area contributed by atoms with Crippen molar-refractivity contribution in [3.8, 4) is 5.75 Å². The van der Waals surface area contributed by atoms with E-state index in [4.69, 9.17) is 9.47 Å². The van der Waals surface area contributed by atoms with Gasteiger partial charge in [-0.1, -0.05) is 43.3 Å². The van der Waals surface area contributed by atoms with Crippen LogP contribution in [0.25, 0.3) is 0 Å². The van der Waals surface area contributed by atoms with Gasteiger partial charge in [-0.25, -0.2) is 0 Å². The van der Waals surface area contributed by atoms with Crippen molar-refractivity contribution in [1.29, 1.82) is 0 Å². The van der Waals surface area contributed by atoms with Crippen molar-refractivity contribution >= 4 is 0 Å². The monoisotopic (exact) mass is 365 g/mol. The first-order chi connectivity index (χ1) is 13.1. The Hall–Kier alpha value is -1.84. The number of nitrogens with zero attached hydrogens (tertiary/aromatic N) is 1. The maximum Gasteiger partial charge on any atom is 0.119 e. The molecule has 0 saturated carbocycles. The van der Waals surface area contributed by atoms with Crippen LogP contribution < -0.4 is 4.74 Å². The lowest BCUT2D eigenvalue weighted by Gasteiger charge is -2.55. The molecular weight excluding hydrogens is 334 g/mol. The van der Waals surface area contributed by atoms with Crippen LogP contribution in [0.1, 0.15) is 36.5 Å².